The number of hydrogen-bond acceptors (Lipinski definition) is 8. The second-order valence-electron chi connectivity index (χ2n) is 6.26. The van der Waals surface area contributed by atoms with Crippen molar-refractivity contribution in [2.24, 2.45) is 0 Å². The highest BCUT2D eigenvalue weighted by atomic mass is 32.2. The zero-order valence-electron chi connectivity index (χ0n) is 16.4. The second kappa shape index (κ2) is 8.91. The minimum Gasteiger partial charge on any atom is -0.497 e. The van der Waals surface area contributed by atoms with E-state index in [2.05, 4.69) is 15.5 Å². The summed E-state index contributed by atoms with van der Waals surface area (Å²) in [7, 11) is 3.12. The van der Waals surface area contributed by atoms with E-state index in [1.807, 2.05) is 30.3 Å². The Balaban J connectivity index is 1.35. The topological polar surface area (TPSA) is 91.8 Å². The Bertz CT molecular complexity index is 1040. The largest absolute Gasteiger partial charge is 0.497 e. The van der Waals surface area contributed by atoms with Crippen LogP contribution in [-0.2, 0) is 4.79 Å². The number of thioether (sulfide) groups is 1. The first-order valence-corrected chi connectivity index (χ1v) is 10.0. The number of amides is 1. The van der Waals surface area contributed by atoms with Gasteiger partial charge in [-0.25, -0.2) is 0 Å². The van der Waals surface area contributed by atoms with Crippen LogP contribution in [-0.4, -0.2) is 42.9 Å². The normalized spacial score (nSPS) is 11.8. The van der Waals surface area contributed by atoms with Crippen LogP contribution >= 0.6 is 11.8 Å². The highest BCUT2D eigenvalue weighted by molar-refractivity contribution is 7.99. The predicted molar refractivity (Wildman–Crippen MR) is 112 cm³/mol. The molecule has 0 spiro atoms. The van der Waals surface area contributed by atoms with Gasteiger partial charge in [0.25, 0.3) is 0 Å². The number of nitrogens with one attached hydrogen (secondary N) is 1. The maximum atomic E-state index is 12.3. The second-order valence-corrected chi connectivity index (χ2v) is 7.26. The molecule has 1 aromatic heterocycles. The van der Waals surface area contributed by atoms with Gasteiger partial charge in [-0.3, -0.25) is 4.79 Å². The van der Waals surface area contributed by atoms with Crippen molar-refractivity contribution in [1.82, 2.24) is 10.2 Å². The van der Waals surface area contributed by atoms with E-state index in [4.69, 9.17) is 18.9 Å². The van der Waals surface area contributed by atoms with Crippen LogP contribution in [0.4, 0.5) is 5.69 Å². The van der Waals surface area contributed by atoms with Gasteiger partial charge in [0, 0.05) is 29.4 Å². The van der Waals surface area contributed by atoms with Gasteiger partial charge >= 0.3 is 0 Å². The molecule has 2 aromatic carbocycles. The van der Waals surface area contributed by atoms with Gasteiger partial charge in [-0.2, -0.15) is 0 Å². The van der Waals surface area contributed by atoms with Crippen LogP contribution < -0.4 is 24.3 Å². The van der Waals surface area contributed by atoms with Gasteiger partial charge in [-0.15, -0.1) is 10.2 Å². The van der Waals surface area contributed by atoms with E-state index in [-0.39, 0.29) is 18.5 Å². The Morgan fingerprint density at radius 1 is 1.00 bits per heavy atom. The quantitative estimate of drug-likeness (QED) is 0.574. The lowest BCUT2D eigenvalue weighted by Gasteiger charge is -2.09. The van der Waals surface area contributed by atoms with Crippen LogP contribution in [0.1, 0.15) is 0 Å². The van der Waals surface area contributed by atoms with E-state index in [0.717, 1.165) is 11.3 Å². The number of methoxy groups -OCH3 is 2. The number of carbonyl (C=O) groups excluding carboxylic acids is 1. The number of fused-ring (bicyclic) bond motifs is 1. The van der Waals surface area contributed by atoms with Crippen molar-refractivity contribution in [3.63, 3.8) is 0 Å². The molecule has 2 heterocycles. The Hall–Kier alpha value is -3.46. The molecule has 0 aliphatic carbocycles. The molecule has 0 atom stereocenters. The third kappa shape index (κ3) is 4.57. The molecule has 0 unspecified atom stereocenters. The molecule has 0 radical (unpaired) electrons. The predicted octanol–water partition coefficient (Wildman–Crippen LogP) is 3.62. The first kappa shape index (κ1) is 19.8. The van der Waals surface area contributed by atoms with Crippen LogP contribution in [0.2, 0.25) is 0 Å². The number of benzene rings is 2. The van der Waals surface area contributed by atoms with E-state index in [9.17, 15) is 4.79 Å². The number of nitrogens with zero attached hydrogens (tertiary/aromatic N) is 2. The molecule has 30 heavy (non-hydrogen) atoms. The highest BCUT2D eigenvalue weighted by Gasteiger charge is 2.14. The molecule has 4 rings (SSSR count). The van der Waals surface area contributed by atoms with Crippen LogP contribution in [0.15, 0.2) is 53.6 Å². The molecule has 8 nitrogen and oxygen atoms in total. The van der Waals surface area contributed by atoms with Crippen molar-refractivity contribution in [1.29, 1.82) is 0 Å². The molecule has 3 aromatic rings. The maximum Gasteiger partial charge on any atom is 0.234 e. The summed E-state index contributed by atoms with van der Waals surface area (Å²) in [6.45, 7) is 0.227. The van der Waals surface area contributed by atoms with Gasteiger partial charge < -0.3 is 24.3 Å². The van der Waals surface area contributed by atoms with Crippen LogP contribution in [0, 0.1) is 0 Å². The summed E-state index contributed by atoms with van der Waals surface area (Å²) in [5.74, 6) is 2.64. The third-order valence-corrected chi connectivity index (χ3v) is 5.21. The van der Waals surface area contributed by atoms with Gasteiger partial charge in [0.2, 0.25) is 12.7 Å². The molecule has 0 fully saturated rings. The van der Waals surface area contributed by atoms with Crippen molar-refractivity contribution >= 4 is 23.4 Å². The summed E-state index contributed by atoms with van der Waals surface area (Å²) in [6, 6.07) is 14.5. The number of ether oxygens (including phenoxy) is 4. The van der Waals surface area contributed by atoms with E-state index >= 15 is 0 Å². The van der Waals surface area contributed by atoms with Gasteiger partial charge in [0.15, 0.2) is 11.5 Å². The van der Waals surface area contributed by atoms with Gasteiger partial charge in [0.1, 0.15) is 16.5 Å². The summed E-state index contributed by atoms with van der Waals surface area (Å²) >= 11 is 1.30. The summed E-state index contributed by atoms with van der Waals surface area (Å²) in [6.07, 6.45) is 0. The van der Waals surface area contributed by atoms with Crippen LogP contribution in [0.25, 0.3) is 11.3 Å². The van der Waals surface area contributed by atoms with Crippen molar-refractivity contribution in [3.8, 4) is 34.3 Å². The molecule has 0 bridgehead atoms. The van der Waals surface area contributed by atoms with Gasteiger partial charge in [0.05, 0.1) is 25.7 Å². The molecular weight excluding hydrogens is 406 g/mol. The molecule has 0 saturated carbocycles. The van der Waals surface area contributed by atoms with Crippen molar-refractivity contribution in [3.05, 3.63) is 48.5 Å². The Morgan fingerprint density at radius 3 is 2.47 bits per heavy atom. The maximum absolute atomic E-state index is 12.3. The fourth-order valence-electron chi connectivity index (χ4n) is 2.82. The fourth-order valence-corrected chi connectivity index (χ4v) is 3.44. The Labute approximate surface area is 177 Å². The number of rotatable bonds is 7. The Morgan fingerprint density at radius 2 is 1.77 bits per heavy atom. The molecule has 154 valence electrons. The lowest BCUT2D eigenvalue weighted by molar-refractivity contribution is -0.113. The zero-order valence-corrected chi connectivity index (χ0v) is 17.2. The van der Waals surface area contributed by atoms with E-state index in [0.29, 0.717) is 33.7 Å². The van der Waals surface area contributed by atoms with Gasteiger partial charge in [-0.1, -0.05) is 11.8 Å². The highest BCUT2D eigenvalue weighted by Crippen LogP contribution is 2.35. The van der Waals surface area contributed by atoms with E-state index < -0.39 is 0 Å². The van der Waals surface area contributed by atoms with Crippen LogP contribution in [0.5, 0.6) is 23.0 Å². The lowest BCUT2D eigenvalue weighted by atomic mass is 10.1. The van der Waals surface area contributed by atoms with Crippen molar-refractivity contribution < 1.29 is 23.7 Å². The van der Waals surface area contributed by atoms with Gasteiger partial charge in [-0.05, 0) is 30.3 Å². The van der Waals surface area contributed by atoms with E-state index in [1.165, 1.54) is 11.8 Å². The van der Waals surface area contributed by atoms with E-state index in [1.54, 1.807) is 32.4 Å². The fraction of sp³-hybridized carbons (Fsp3) is 0.190. The zero-order chi connectivity index (χ0) is 20.9. The molecule has 1 aliphatic heterocycles. The molecule has 1 N–H and O–H groups in total. The smallest absolute Gasteiger partial charge is 0.234 e. The number of aromatic nitrogens is 2. The average molecular weight is 425 g/mol. The first-order chi connectivity index (χ1) is 14.6. The Kier molecular flexibility index (Phi) is 5.89. The first-order valence-electron chi connectivity index (χ1n) is 9.04. The minimum absolute atomic E-state index is 0.169. The SMILES string of the molecule is COc1cc(NC(=O)CSc2ccc(-c3ccc4c(c3)OCO4)nn2)cc(OC)c1. The summed E-state index contributed by atoms with van der Waals surface area (Å²) < 4.78 is 21.1. The lowest BCUT2D eigenvalue weighted by Crippen LogP contribution is -2.14. The van der Waals surface area contributed by atoms with Crippen molar-refractivity contribution in [2.75, 3.05) is 32.1 Å². The summed E-state index contributed by atoms with van der Waals surface area (Å²) in [4.78, 5) is 12.3. The molecule has 1 aliphatic rings. The molecule has 1 amide bonds. The standard InChI is InChI=1S/C21H19N3O5S/c1-26-15-8-14(9-16(10-15)27-2)22-20(25)11-30-21-6-4-17(23-24-21)13-3-5-18-19(7-13)29-12-28-18/h3-10H,11-12H2,1-2H3,(H,22,25). The molecule has 9 heteroatoms. The number of anilines is 1. The third-order valence-electron chi connectivity index (χ3n) is 4.29. The van der Waals surface area contributed by atoms with Crippen LogP contribution in [0.3, 0.4) is 0 Å². The number of carbonyl (C=O) groups is 1. The minimum atomic E-state index is -0.169. The average Bonchev–Trinajstić information content (AvgIpc) is 3.25. The summed E-state index contributed by atoms with van der Waals surface area (Å²) in [5, 5.41) is 11.9. The molecule has 0 saturated heterocycles. The summed E-state index contributed by atoms with van der Waals surface area (Å²) in [5.41, 5.74) is 2.19. The molecular formula is C21H19N3O5S. The van der Waals surface area contributed by atoms with Crippen molar-refractivity contribution in [2.45, 2.75) is 5.03 Å². The number of hydrogen-bond donors (Lipinski definition) is 1. The monoisotopic (exact) mass is 425 g/mol.